The molecule has 0 radical (unpaired) electrons. The predicted molar refractivity (Wildman–Crippen MR) is 113 cm³/mol. The van der Waals surface area contributed by atoms with E-state index in [0.29, 0.717) is 23.6 Å². The minimum Gasteiger partial charge on any atom is -0.497 e. The van der Waals surface area contributed by atoms with E-state index in [9.17, 15) is 13.2 Å². The van der Waals surface area contributed by atoms with Crippen molar-refractivity contribution in [1.82, 2.24) is 0 Å². The summed E-state index contributed by atoms with van der Waals surface area (Å²) >= 11 is 0. The van der Waals surface area contributed by atoms with Crippen LogP contribution >= 0.6 is 0 Å². The number of sulfonamides is 1. The lowest BCUT2D eigenvalue weighted by Crippen LogP contribution is -2.13. The molecule has 0 unspecified atom stereocenters. The molecule has 152 valence electrons. The number of benzene rings is 3. The largest absolute Gasteiger partial charge is 0.497 e. The zero-order valence-electron chi connectivity index (χ0n) is 16.3. The normalized spacial score (nSPS) is 11.2. The van der Waals surface area contributed by atoms with E-state index in [0.717, 1.165) is 23.6 Å². The van der Waals surface area contributed by atoms with Crippen LogP contribution in [0.25, 0.3) is 10.8 Å². The molecule has 0 saturated heterocycles. The summed E-state index contributed by atoms with van der Waals surface area (Å²) in [7, 11) is -2.19. The number of hydrogen-bond acceptors (Lipinski definition) is 5. The SMILES string of the molecule is CCCCOC(=O)c1ccc(NS(=O)(=O)c2ccc3cc(OC)ccc3c2)cc1. The fourth-order valence-corrected chi connectivity index (χ4v) is 3.87. The van der Waals surface area contributed by atoms with Crippen molar-refractivity contribution in [2.24, 2.45) is 0 Å². The van der Waals surface area contributed by atoms with Gasteiger partial charge in [0.1, 0.15) is 5.75 Å². The second-order valence-electron chi connectivity index (χ2n) is 6.55. The van der Waals surface area contributed by atoms with Crippen molar-refractivity contribution in [3.05, 3.63) is 66.2 Å². The predicted octanol–water partition coefficient (Wildman–Crippen LogP) is 4.61. The van der Waals surface area contributed by atoms with E-state index in [1.54, 1.807) is 55.6 Å². The molecular formula is C22H23NO5S. The number of hydrogen-bond donors (Lipinski definition) is 1. The van der Waals surface area contributed by atoms with Gasteiger partial charge in [-0.15, -0.1) is 0 Å². The molecule has 0 heterocycles. The van der Waals surface area contributed by atoms with E-state index in [2.05, 4.69) is 4.72 Å². The van der Waals surface area contributed by atoms with Gasteiger partial charge in [0.15, 0.2) is 0 Å². The maximum Gasteiger partial charge on any atom is 0.338 e. The van der Waals surface area contributed by atoms with Crippen molar-refractivity contribution < 1.29 is 22.7 Å². The van der Waals surface area contributed by atoms with Gasteiger partial charge >= 0.3 is 5.97 Å². The Morgan fingerprint density at radius 1 is 0.966 bits per heavy atom. The zero-order chi connectivity index (χ0) is 20.9. The number of carbonyl (C=O) groups excluding carboxylic acids is 1. The highest BCUT2D eigenvalue weighted by Gasteiger charge is 2.15. The Hall–Kier alpha value is -3.06. The number of fused-ring (bicyclic) bond motifs is 1. The van der Waals surface area contributed by atoms with Crippen LogP contribution in [0.4, 0.5) is 5.69 Å². The highest BCUT2D eigenvalue weighted by molar-refractivity contribution is 7.92. The second kappa shape index (κ2) is 8.96. The molecule has 0 bridgehead atoms. The molecule has 0 atom stereocenters. The van der Waals surface area contributed by atoms with Crippen molar-refractivity contribution in [3.63, 3.8) is 0 Å². The first kappa shape index (κ1) is 20.7. The van der Waals surface area contributed by atoms with Crippen LogP contribution in [0.3, 0.4) is 0 Å². The molecule has 0 aliphatic carbocycles. The lowest BCUT2D eigenvalue weighted by molar-refractivity contribution is 0.0500. The molecule has 0 amide bonds. The van der Waals surface area contributed by atoms with Crippen LogP contribution in [0.5, 0.6) is 5.75 Å². The first-order valence-electron chi connectivity index (χ1n) is 9.31. The number of esters is 1. The maximum atomic E-state index is 12.7. The molecule has 0 aliphatic rings. The summed E-state index contributed by atoms with van der Waals surface area (Å²) in [5, 5.41) is 1.67. The van der Waals surface area contributed by atoms with Gasteiger partial charge in [0.05, 0.1) is 24.2 Å². The highest BCUT2D eigenvalue weighted by Crippen LogP contribution is 2.25. The quantitative estimate of drug-likeness (QED) is 0.431. The number of ether oxygens (including phenoxy) is 2. The molecular weight excluding hydrogens is 390 g/mol. The molecule has 0 saturated carbocycles. The number of carbonyl (C=O) groups is 1. The molecule has 1 N–H and O–H groups in total. The maximum absolute atomic E-state index is 12.7. The summed E-state index contributed by atoms with van der Waals surface area (Å²) in [6.45, 7) is 2.39. The van der Waals surface area contributed by atoms with Crippen molar-refractivity contribution in [2.75, 3.05) is 18.4 Å². The fourth-order valence-electron chi connectivity index (χ4n) is 2.78. The van der Waals surface area contributed by atoms with E-state index in [-0.39, 0.29) is 4.90 Å². The summed E-state index contributed by atoms with van der Waals surface area (Å²) in [6, 6.07) is 16.5. The summed E-state index contributed by atoms with van der Waals surface area (Å²) in [5.41, 5.74) is 0.744. The lowest BCUT2D eigenvalue weighted by Gasteiger charge is -2.10. The fraction of sp³-hybridized carbons (Fsp3) is 0.227. The van der Waals surface area contributed by atoms with Crippen LogP contribution in [-0.4, -0.2) is 28.1 Å². The topological polar surface area (TPSA) is 81.7 Å². The Bertz CT molecular complexity index is 1110. The van der Waals surface area contributed by atoms with Crippen molar-refractivity contribution in [3.8, 4) is 5.75 Å². The summed E-state index contributed by atoms with van der Waals surface area (Å²) in [5.74, 6) is 0.289. The van der Waals surface area contributed by atoms with E-state index in [1.165, 1.54) is 0 Å². The minimum atomic E-state index is -3.77. The van der Waals surface area contributed by atoms with E-state index in [1.807, 2.05) is 19.1 Å². The molecule has 29 heavy (non-hydrogen) atoms. The summed E-state index contributed by atoms with van der Waals surface area (Å²) < 4.78 is 38.3. The van der Waals surface area contributed by atoms with Gasteiger partial charge in [-0.1, -0.05) is 25.5 Å². The number of anilines is 1. The third kappa shape index (κ3) is 5.06. The van der Waals surface area contributed by atoms with Gasteiger partial charge in [0, 0.05) is 5.69 Å². The third-order valence-electron chi connectivity index (χ3n) is 4.43. The third-order valence-corrected chi connectivity index (χ3v) is 5.81. The number of rotatable bonds is 8. The summed E-state index contributed by atoms with van der Waals surface area (Å²) in [6.07, 6.45) is 1.75. The second-order valence-corrected chi connectivity index (χ2v) is 8.23. The number of nitrogens with one attached hydrogen (secondary N) is 1. The van der Waals surface area contributed by atoms with Crippen LogP contribution in [0.15, 0.2) is 65.6 Å². The molecule has 3 aromatic carbocycles. The van der Waals surface area contributed by atoms with Gasteiger partial charge in [-0.2, -0.15) is 0 Å². The Morgan fingerprint density at radius 2 is 1.66 bits per heavy atom. The smallest absolute Gasteiger partial charge is 0.338 e. The molecule has 0 fully saturated rings. The van der Waals surface area contributed by atoms with Gasteiger partial charge in [-0.05, 0) is 65.7 Å². The van der Waals surface area contributed by atoms with Gasteiger partial charge in [0.2, 0.25) is 0 Å². The van der Waals surface area contributed by atoms with Gasteiger partial charge in [-0.25, -0.2) is 13.2 Å². The standard InChI is InChI=1S/C22H23NO5S/c1-3-4-13-28-22(24)16-5-9-19(10-6-16)23-29(25,26)21-12-8-17-14-20(27-2)11-7-18(17)15-21/h5-12,14-15,23H,3-4,13H2,1-2H3. The Balaban J connectivity index is 1.75. The molecule has 6 nitrogen and oxygen atoms in total. The zero-order valence-corrected chi connectivity index (χ0v) is 17.2. The van der Waals surface area contributed by atoms with Crippen molar-refractivity contribution >= 4 is 32.5 Å². The monoisotopic (exact) mass is 413 g/mol. The first-order valence-corrected chi connectivity index (χ1v) is 10.8. The minimum absolute atomic E-state index is 0.151. The average molecular weight is 413 g/mol. The van der Waals surface area contributed by atoms with E-state index >= 15 is 0 Å². The van der Waals surface area contributed by atoms with E-state index < -0.39 is 16.0 Å². The molecule has 3 rings (SSSR count). The van der Waals surface area contributed by atoms with Crippen LogP contribution in [-0.2, 0) is 14.8 Å². The molecule has 0 aliphatic heterocycles. The van der Waals surface area contributed by atoms with E-state index in [4.69, 9.17) is 9.47 Å². The van der Waals surface area contributed by atoms with Gasteiger partial charge in [-0.3, -0.25) is 4.72 Å². The lowest BCUT2D eigenvalue weighted by atomic mass is 10.1. The van der Waals surface area contributed by atoms with Gasteiger partial charge in [0.25, 0.3) is 10.0 Å². The van der Waals surface area contributed by atoms with Gasteiger partial charge < -0.3 is 9.47 Å². The molecule has 3 aromatic rings. The Morgan fingerprint density at radius 3 is 2.34 bits per heavy atom. The number of unbranched alkanes of at least 4 members (excludes halogenated alkanes) is 1. The Kier molecular flexibility index (Phi) is 6.39. The molecule has 0 aromatic heterocycles. The molecule has 0 spiro atoms. The molecule has 7 heteroatoms. The van der Waals surface area contributed by atoms with Crippen LogP contribution in [0.1, 0.15) is 30.1 Å². The first-order chi connectivity index (χ1) is 13.9. The Labute approximate surface area is 170 Å². The highest BCUT2D eigenvalue weighted by atomic mass is 32.2. The van der Waals surface area contributed by atoms with Crippen molar-refractivity contribution in [1.29, 1.82) is 0 Å². The summed E-state index contributed by atoms with van der Waals surface area (Å²) in [4.78, 5) is 12.1. The van der Waals surface area contributed by atoms with Crippen LogP contribution < -0.4 is 9.46 Å². The number of methoxy groups -OCH3 is 1. The van der Waals surface area contributed by atoms with Crippen molar-refractivity contribution in [2.45, 2.75) is 24.7 Å². The van der Waals surface area contributed by atoms with Crippen LogP contribution in [0.2, 0.25) is 0 Å². The average Bonchev–Trinajstić information content (AvgIpc) is 2.73. The van der Waals surface area contributed by atoms with Crippen LogP contribution in [0, 0.1) is 0 Å².